The van der Waals surface area contributed by atoms with Gasteiger partial charge in [-0.15, -0.1) is 0 Å². The fourth-order valence-electron chi connectivity index (χ4n) is 3.53. The Labute approximate surface area is 167 Å². The lowest BCUT2D eigenvalue weighted by Crippen LogP contribution is -2.50. The number of hydrogen-bond donors (Lipinski definition) is 0. The van der Waals surface area contributed by atoms with Crippen LogP contribution in [0, 0.1) is 5.82 Å². The SMILES string of the molecule is O=C(c1ccc(F)cc1Cl)N1CCN(C(=O)c2cccc3ccccc23)CC1. The number of nitrogens with zero attached hydrogens (tertiary/aromatic N) is 2. The summed E-state index contributed by atoms with van der Waals surface area (Å²) < 4.78 is 13.2. The van der Waals surface area contributed by atoms with Gasteiger partial charge in [0.05, 0.1) is 10.6 Å². The maximum atomic E-state index is 13.2. The van der Waals surface area contributed by atoms with E-state index in [0.717, 1.165) is 16.8 Å². The first-order valence-electron chi connectivity index (χ1n) is 9.06. The number of fused-ring (bicyclic) bond motifs is 1. The Bertz CT molecular complexity index is 1060. The molecule has 4 nitrogen and oxygen atoms in total. The Hall–Kier alpha value is -2.92. The van der Waals surface area contributed by atoms with Gasteiger partial charge in [-0.2, -0.15) is 0 Å². The lowest BCUT2D eigenvalue weighted by Gasteiger charge is -2.35. The van der Waals surface area contributed by atoms with Crippen molar-refractivity contribution >= 4 is 34.2 Å². The molecule has 0 unspecified atom stereocenters. The highest BCUT2D eigenvalue weighted by Gasteiger charge is 2.27. The molecule has 4 rings (SSSR count). The summed E-state index contributed by atoms with van der Waals surface area (Å²) in [4.78, 5) is 29.1. The van der Waals surface area contributed by atoms with E-state index in [1.165, 1.54) is 12.1 Å². The topological polar surface area (TPSA) is 40.6 Å². The zero-order valence-electron chi connectivity index (χ0n) is 15.1. The number of hydrogen-bond acceptors (Lipinski definition) is 2. The molecule has 3 aromatic rings. The summed E-state index contributed by atoms with van der Waals surface area (Å²) in [6.45, 7) is 1.69. The molecule has 6 heteroatoms. The minimum Gasteiger partial charge on any atom is -0.335 e. The number of carbonyl (C=O) groups excluding carboxylic acids is 2. The summed E-state index contributed by atoms with van der Waals surface area (Å²) in [6.07, 6.45) is 0. The van der Waals surface area contributed by atoms with Crippen LogP contribution in [0.2, 0.25) is 5.02 Å². The van der Waals surface area contributed by atoms with Crippen LogP contribution in [0.4, 0.5) is 4.39 Å². The van der Waals surface area contributed by atoms with E-state index in [1.807, 2.05) is 42.5 Å². The smallest absolute Gasteiger partial charge is 0.255 e. The average Bonchev–Trinajstić information content (AvgIpc) is 2.72. The summed E-state index contributed by atoms with van der Waals surface area (Å²) in [5.74, 6) is -0.766. The van der Waals surface area contributed by atoms with Gasteiger partial charge in [-0.25, -0.2) is 4.39 Å². The standard InChI is InChI=1S/C22H18ClFN2O2/c23-20-14-16(24)8-9-19(20)22(28)26-12-10-25(11-13-26)21(27)18-7-3-5-15-4-1-2-6-17(15)18/h1-9,14H,10-13H2. The maximum Gasteiger partial charge on any atom is 0.255 e. The molecule has 1 heterocycles. The molecule has 0 atom stereocenters. The second-order valence-corrected chi connectivity index (χ2v) is 7.14. The van der Waals surface area contributed by atoms with E-state index in [1.54, 1.807) is 9.80 Å². The van der Waals surface area contributed by atoms with Gasteiger partial charge in [0.1, 0.15) is 5.82 Å². The molecule has 0 bridgehead atoms. The molecular formula is C22H18ClFN2O2. The molecule has 0 spiro atoms. The van der Waals surface area contributed by atoms with Gasteiger partial charge in [0.15, 0.2) is 0 Å². The molecule has 1 saturated heterocycles. The minimum absolute atomic E-state index is 0.0382. The molecule has 28 heavy (non-hydrogen) atoms. The molecular weight excluding hydrogens is 379 g/mol. The summed E-state index contributed by atoms with van der Waals surface area (Å²) in [5, 5.41) is 2.04. The van der Waals surface area contributed by atoms with Crippen molar-refractivity contribution in [1.82, 2.24) is 9.80 Å². The highest BCUT2D eigenvalue weighted by Crippen LogP contribution is 2.22. The van der Waals surface area contributed by atoms with Gasteiger partial charge in [-0.05, 0) is 35.0 Å². The van der Waals surface area contributed by atoms with Crippen molar-refractivity contribution in [2.24, 2.45) is 0 Å². The van der Waals surface area contributed by atoms with Gasteiger partial charge in [-0.1, -0.05) is 48.0 Å². The highest BCUT2D eigenvalue weighted by molar-refractivity contribution is 6.33. The van der Waals surface area contributed by atoms with Crippen molar-refractivity contribution in [2.45, 2.75) is 0 Å². The van der Waals surface area contributed by atoms with Gasteiger partial charge in [0, 0.05) is 31.7 Å². The summed E-state index contributed by atoms with van der Waals surface area (Å²) in [5.41, 5.74) is 0.941. The Morgan fingerprint density at radius 1 is 0.786 bits per heavy atom. The third-order valence-electron chi connectivity index (χ3n) is 5.04. The number of halogens is 2. The Morgan fingerprint density at radius 3 is 2.07 bits per heavy atom. The first-order valence-corrected chi connectivity index (χ1v) is 9.44. The summed E-state index contributed by atoms with van der Waals surface area (Å²) >= 11 is 6.01. The molecule has 142 valence electrons. The molecule has 0 aliphatic carbocycles. The molecule has 0 aromatic heterocycles. The van der Waals surface area contributed by atoms with Crippen LogP contribution in [0.5, 0.6) is 0 Å². The van der Waals surface area contributed by atoms with Crippen LogP contribution in [0.15, 0.2) is 60.7 Å². The summed E-state index contributed by atoms with van der Waals surface area (Å²) in [7, 11) is 0. The van der Waals surface area contributed by atoms with E-state index >= 15 is 0 Å². The number of rotatable bonds is 2. The van der Waals surface area contributed by atoms with Crippen LogP contribution >= 0.6 is 11.6 Å². The largest absolute Gasteiger partial charge is 0.335 e. The van der Waals surface area contributed by atoms with Crippen LogP contribution in [-0.4, -0.2) is 47.8 Å². The molecule has 1 aliphatic heterocycles. The van der Waals surface area contributed by atoms with Crippen molar-refractivity contribution in [1.29, 1.82) is 0 Å². The molecule has 1 aliphatic rings. The highest BCUT2D eigenvalue weighted by atomic mass is 35.5. The van der Waals surface area contributed by atoms with Crippen molar-refractivity contribution in [3.63, 3.8) is 0 Å². The van der Waals surface area contributed by atoms with Gasteiger partial charge in [0.25, 0.3) is 11.8 Å². The number of carbonyl (C=O) groups is 2. The van der Waals surface area contributed by atoms with Crippen molar-refractivity contribution in [3.8, 4) is 0 Å². The van der Waals surface area contributed by atoms with Crippen molar-refractivity contribution in [3.05, 3.63) is 82.6 Å². The fraction of sp³-hybridized carbons (Fsp3) is 0.182. The number of amides is 2. The normalized spacial score (nSPS) is 14.4. The third-order valence-corrected chi connectivity index (χ3v) is 5.35. The van der Waals surface area contributed by atoms with Gasteiger partial charge in [0.2, 0.25) is 0 Å². The van der Waals surface area contributed by atoms with E-state index < -0.39 is 5.82 Å². The van der Waals surface area contributed by atoms with E-state index in [2.05, 4.69) is 0 Å². The molecule has 3 aromatic carbocycles. The predicted octanol–water partition coefficient (Wildman–Crippen LogP) is 4.23. The fourth-order valence-corrected chi connectivity index (χ4v) is 3.78. The average molecular weight is 397 g/mol. The Morgan fingerprint density at radius 2 is 1.39 bits per heavy atom. The zero-order valence-corrected chi connectivity index (χ0v) is 15.8. The van der Waals surface area contributed by atoms with Crippen molar-refractivity contribution < 1.29 is 14.0 Å². The molecule has 0 saturated carbocycles. The first kappa shape index (κ1) is 18.4. The Kier molecular flexibility index (Phi) is 5.01. The quantitative estimate of drug-likeness (QED) is 0.650. The maximum absolute atomic E-state index is 13.2. The minimum atomic E-state index is -0.480. The number of benzene rings is 3. The second-order valence-electron chi connectivity index (χ2n) is 6.74. The van der Waals surface area contributed by atoms with Crippen molar-refractivity contribution in [2.75, 3.05) is 26.2 Å². The van der Waals surface area contributed by atoms with Gasteiger partial charge < -0.3 is 9.80 Å². The number of piperazine rings is 1. The van der Waals surface area contributed by atoms with Crippen LogP contribution in [0.1, 0.15) is 20.7 Å². The lowest BCUT2D eigenvalue weighted by atomic mass is 10.0. The predicted molar refractivity (Wildman–Crippen MR) is 107 cm³/mol. The first-order chi connectivity index (χ1) is 13.5. The van der Waals surface area contributed by atoms with E-state index in [4.69, 9.17) is 11.6 Å². The van der Waals surface area contributed by atoms with Crippen LogP contribution in [0.3, 0.4) is 0 Å². The molecule has 0 radical (unpaired) electrons. The Balaban J connectivity index is 1.48. The summed E-state index contributed by atoms with van der Waals surface area (Å²) in [6, 6.07) is 17.2. The van der Waals surface area contributed by atoms with E-state index in [-0.39, 0.29) is 22.4 Å². The van der Waals surface area contributed by atoms with Gasteiger partial charge in [-0.3, -0.25) is 9.59 Å². The van der Waals surface area contributed by atoms with Crippen LogP contribution in [-0.2, 0) is 0 Å². The van der Waals surface area contributed by atoms with E-state index in [0.29, 0.717) is 31.7 Å². The zero-order chi connectivity index (χ0) is 19.7. The molecule has 2 amide bonds. The van der Waals surface area contributed by atoms with Crippen LogP contribution in [0.25, 0.3) is 10.8 Å². The van der Waals surface area contributed by atoms with Gasteiger partial charge >= 0.3 is 0 Å². The third kappa shape index (κ3) is 3.45. The monoisotopic (exact) mass is 396 g/mol. The van der Waals surface area contributed by atoms with E-state index in [9.17, 15) is 14.0 Å². The van der Waals surface area contributed by atoms with Crippen LogP contribution < -0.4 is 0 Å². The lowest BCUT2D eigenvalue weighted by molar-refractivity contribution is 0.0536. The molecule has 1 fully saturated rings. The molecule has 0 N–H and O–H groups in total. The second kappa shape index (κ2) is 7.60.